The number of nitrogens with zero attached hydrogens (tertiary/aromatic N) is 1. The normalized spacial score (nSPS) is 23.1. The lowest BCUT2D eigenvalue weighted by molar-refractivity contribution is -0.150. The van der Waals surface area contributed by atoms with Gasteiger partial charge in [-0.1, -0.05) is 6.92 Å². The summed E-state index contributed by atoms with van der Waals surface area (Å²) < 4.78 is 10.4. The van der Waals surface area contributed by atoms with Gasteiger partial charge >= 0.3 is 5.97 Å². The van der Waals surface area contributed by atoms with Gasteiger partial charge in [0, 0.05) is 12.6 Å². The predicted molar refractivity (Wildman–Crippen MR) is 57.7 cm³/mol. The van der Waals surface area contributed by atoms with Crippen molar-refractivity contribution in [1.29, 1.82) is 0 Å². The van der Waals surface area contributed by atoms with Gasteiger partial charge in [0.25, 0.3) is 0 Å². The van der Waals surface area contributed by atoms with Crippen LogP contribution in [0.25, 0.3) is 0 Å². The molecule has 2 unspecified atom stereocenters. The first-order valence-electron chi connectivity index (χ1n) is 5.67. The quantitative estimate of drug-likeness (QED) is 0.643. The van der Waals surface area contributed by atoms with E-state index in [1.165, 1.54) is 0 Å². The molecule has 1 saturated heterocycles. The van der Waals surface area contributed by atoms with E-state index in [1.54, 1.807) is 0 Å². The van der Waals surface area contributed by atoms with Crippen molar-refractivity contribution < 1.29 is 14.3 Å². The molecule has 0 aliphatic carbocycles. The van der Waals surface area contributed by atoms with E-state index in [0.29, 0.717) is 12.6 Å². The molecule has 1 fully saturated rings. The van der Waals surface area contributed by atoms with Crippen LogP contribution in [0, 0.1) is 0 Å². The Labute approximate surface area is 91.5 Å². The molecule has 1 aliphatic rings. The van der Waals surface area contributed by atoms with E-state index in [1.807, 2.05) is 20.9 Å². The van der Waals surface area contributed by atoms with Gasteiger partial charge in [0.1, 0.15) is 6.04 Å². The molecule has 88 valence electrons. The van der Waals surface area contributed by atoms with Gasteiger partial charge in [-0.2, -0.15) is 0 Å². The van der Waals surface area contributed by atoms with Gasteiger partial charge in [-0.05, 0) is 26.8 Å². The molecule has 0 aromatic rings. The van der Waals surface area contributed by atoms with Crippen LogP contribution in [0.4, 0.5) is 0 Å². The molecule has 0 saturated carbocycles. The lowest BCUT2D eigenvalue weighted by Crippen LogP contribution is -2.45. The number of likely N-dealkylation sites (N-methyl/N-ethyl adjacent to an activating group) is 1. The Morgan fingerprint density at radius 3 is 2.80 bits per heavy atom. The Morgan fingerprint density at radius 1 is 1.60 bits per heavy atom. The number of carbonyl (C=O) groups excluding carboxylic acids is 1. The van der Waals surface area contributed by atoms with E-state index in [-0.39, 0.29) is 12.0 Å². The number of hydrogen-bond donors (Lipinski definition) is 0. The molecule has 15 heavy (non-hydrogen) atoms. The van der Waals surface area contributed by atoms with Gasteiger partial charge in [0.15, 0.2) is 0 Å². The Hall–Kier alpha value is -0.610. The van der Waals surface area contributed by atoms with Crippen LogP contribution in [0.3, 0.4) is 0 Å². The zero-order chi connectivity index (χ0) is 11.3. The van der Waals surface area contributed by atoms with Crippen LogP contribution in [-0.4, -0.2) is 49.8 Å². The molecule has 1 heterocycles. The molecular weight excluding hydrogens is 194 g/mol. The van der Waals surface area contributed by atoms with Crippen LogP contribution in [0.1, 0.15) is 26.7 Å². The molecule has 0 spiro atoms. The van der Waals surface area contributed by atoms with Gasteiger partial charge in [-0.3, -0.25) is 9.69 Å². The molecule has 4 nitrogen and oxygen atoms in total. The predicted octanol–water partition coefficient (Wildman–Crippen LogP) is 1.05. The van der Waals surface area contributed by atoms with Gasteiger partial charge < -0.3 is 9.47 Å². The van der Waals surface area contributed by atoms with Crippen molar-refractivity contribution in [2.45, 2.75) is 38.8 Å². The standard InChI is InChI=1S/C11H21NO3/c1-4-10(11(13)15-5-2)12(3)9-6-7-14-8-9/h9-10H,4-8H2,1-3H3. The third kappa shape index (κ3) is 3.18. The minimum atomic E-state index is -0.128. The van der Waals surface area contributed by atoms with Gasteiger partial charge in [-0.25, -0.2) is 0 Å². The SMILES string of the molecule is CCOC(=O)C(CC)N(C)C1CCOC1. The molecule has 1 rings (SSSR count). The van der Waals surface area contributed by atoms with Gasteiger partial charge in [-0.15, -0.1) is 0 Å². The first-order valence-corrected chi connectivity index (χ1v) is 5.67. The highest BCUT2D eigenvalue weighted by molar-refractivity contribution is 5.75. The van der Waals surface area contributed by atoms with Crippen LogP contribution in [0.5, 0.6) is 0 Å². The highest BCUT2D eigenvalue weighted by atomic mass is 16.5. The number of hydrogen-bond acceptors (Lipinski definition) is 4. The maximum Gasteiger partial charge on any atom is 0.323 e. The molecule has 1 aliphatic heterocycles. The fourth-order valence-corrected chi connectivity index (χ4v) is 1.96. The number of rotatable bonds is 5. The second-order valence-electron chi connectivity index (χ2n) is 3.86. The number of carbonyl (C=O) groups is 1. The summed E-state index contributed by atoms with van der Waals surface area (Å²) >= 11 is 0. The minimum absolute atomic E-state index is 0.116. The van der Waals surface area contributed by atoms with Crippen molar-refractivity contribution in [3.05, 3.63) is 0 Å². The summed E-state index contributed by atoms with van der Waals surface area (Å²) in [5, 5.41) is 0. The topological polar surface area (TPSA) is 38.8 Å². The summed E-state index contributed by atoms with van der Waals surface area (Å²) in [5.74, 6) is -0.116. The zero-order valence-corrected chi connectivity index (χ0v) is 9.86. The van der Waals surface area contributed by atoms with E-state index in [2.05, 4.69) is 4.90 Å². The van der Waals surface area contributed by atoms with E-state index in [4.69, 9.17) is 9.47 Å². The third-order valence-corrected chi connectivity index (χ3v) is 2.92. The fraction of sp³-hybridized carbons (Fsp3) is 0.909. The monoisotopic (exact) mass is 215 g/mol. The van der Waals surface area contributed by atoms with Crippen LogP contribution in [-0.2, 0) is 14.3 Å². The number of esters is 1. The zero-order valence-electron chi connectivity index (χ0n) is 9.86. The third-order valence-electron chi connectivity index (χ3n) is 2.92. The summed E-state index contributed by atoms with van der Waals surface area (Å²) in [6, 6.07) is 0.232. The van der Waals surface area contributed by atoms with E-state index in [0.717, 1.165) is 26.1 Å². The second kappa shape index (κ2) is 6.08. The summed E-state index contributed by atoms with van der Waals surface area (Å²) in [4.78, 5) is 13.8. The highest BCUT2D eigenvalue weighted by Gasteiger charge is 2.30. The van der Waals surface area contributed by atoms with E-state index < -0.39 is 0 Å². The molecule has 0 aromatic carbocycles. The van der Waals surface area contributed by atoms with Crippen molar-refractivity contribution in [1.82, 2.24) is 4.90 Å². The molecule has 0 aromatic heterocycles. The van der Waals surface area contributed by atoms with E-state index >= 15 is 0 Å². The molecular formula is C11H21NO3. The van der Waals surface area contributed by atoms with Crippen molar-refractivity contribution in [2.24, 2.45) is 0 Å². The van der Waals surface area contributed by atoms with Crippen molar-refractivity contribution in [3.63, 3.8) is 0 Å². The van der Waals surface area contributed by atoms with Gasteiger partial charge in [0.2, 0.25) is 0 Å². The summed E-state index contributed by atoms with van der Waals surface area (Å²) in [5.41, 5.74) is 0. The largest absolute Gasteiger partial charge is 0.465 e. The lowest BCUT2D eigenvalue weighted by Gasteiger charge is -2.29. The fourth-order valence-electron chi connectivity index (χ4n) is 1.96. The highest BCUT2D eigenvalue weighted by Crippen LogP contribution is 2.16. The Balaban J connectivity index is 2.52. The van der Waals surface area contributed by atoms with Gasteiger partial charge in [0.05, 0.1) is 13.2 Å². The molecule has 0 amide bonds. The van der Waals surface area contributed by atoms with Crippen molar-refractivity contribution >= 4 is 5.97 Å². The number of ether oxygens (including phenoxy) is 2. The molecule has 2 atom stereocenters. The summed E-state index contributed by atoms with van der Waals surface area (Å²) in [6.07, 6.45) is 1.79. The average Bonchev–Trinajstić information content (AvgIpc) is 2.71. The molecule has 0 bridgehead atoms. The van der Waals surface area contributed by atoms with Crippen molar-refractivity contribution in [2.75, 3.05) is 26.9 Å². The first kappa shape index (κ1) is 12.5. The maximum absolute atomic E-state index is 11.7. The lowest BCUT2D eigenvalue weighted by atomic mass is 10.1. The average molecular weight is 215 g/mol. The Bertz CT molecular complexity index is 202. The second-order valence-corrected chi connectivity index (χ2v) is 3.86. The van der Waals surface area contributed by atoms with E-state index in [9.17, 15) is 4.79 Å². The smallest absolute Gasteiger partial charge is 0.323 e. The first-order chi connectivity index (χ1) is 7.20. The van der Waals surface area contributed by atoms with Crippen LogP contribution in [0.2, 0.25) is 0 Å². The molecule has 0 N–H and O–H groups in total. The van der Waals surface area contributed by atoms with Crippen LogP contribution >= 0.6 is 0 Å². The van der Waals surface area contributed by atoms with Crippen LogP contribution < -0.4 is 0 Å². The summed E-state index contributed by atoms with van der Waals surface area (Å²) in [6.45, 7) is 5.82. The Morgan fingerprint density at radius 2 is 2.33 bits per heavy atom. The summed E-state index contributed by atoms with van der Waals surface area (Å²) in [7, 11) is 1.98. The minimum Gasteiger partial charge on any atom is -0.465 e. The molecule has 4 heteroatoms. The van der Waals surface area contributed by atoms with Crippen molar-refractivity contribution in [3.8, 4) is 0 Å². The Kier molecular flexibility index (Phi) is 5.05. The van der Waals surface area contributed by atoms with Crippen LogP contribution in [0.15, 0.2) is 0 Å². The maximum atomic E-state index is 11.7. The molecule has 0 radical (unpaired) electrons.